The number of hydroxylamine groups is 2. The van der Waals surface area contributed by atoms with Crippen LogP contribution in [-0.4, -0.2) is 49.5 Å². The zero-order chi connectivity index (χ0) is 38.7. The van der Waals surface area contributed by atoms with Crippen LogP contribution in [0.5, 0.6) is 0 Å². The lowest BCUT2D eigenvalue weighted by molar-refractivity contribution is -0.396. The molecule has 0 aliphatic carbocycles. The number of nitrogens with zero attached hydrogens (tertiary/aromatic N) is 1. The molecule has 0 aliphatic rings. The van der Waals surface area contributed by atoms with Crippen LogP contribution in [0.3, 0.4) is 0 Å². The van der Waals surface area contributed by atoms with Crippen LogP contribution in [0.25, 0.3) is 0 Å². The van der Waals surface area contributed by atoms with Crippen LogP contribution < -0.4 is 0 Å². The molecule has 2 aromatic rings. The maximum atomic E-state index is 14.9. The van der Waals surface area contributed by atoms with Gasteiger partial charge in [0.15, 0.2) is 8.32 Å². The molecule has 0 spiro atoms. The Morgan fingerprint density at radius 3 is 1.58 bits per heavy atom. The zero-order valence-corrected chi connectivity index (χ0v) is 32.0. The van der Waals surface area contributed by atoms with E-state index >= 15 is 0 Å². The highest BCUT2D eigenvalue weighted by Crippen LogP contribution is 2.55. The second kappa shape index (κ2) is 15.9. The minimum atomic E-state index is -6.93. The number of hydrogen-bond donors (Lipinski definition) is 0. The number of benzene rings is 2. The Morgan fingerprint density at radius 2 is 1.16 bits per heavy atom. The van der Waals surface area contributed by atoms with E-state index in [0.29, 0.717) is 5.92 Å². The fourth-order valence-electron chi connectivity index (χ4n) is 6.31. The van der Waals surface area contributed by atoms with E-state index < -0.39 is 66.8 Å². The minimum absolute atomic E-state index is 0.137. The van der Waals surface area contributed by atoms with Gasteiger partial charge in [0.05, 0.1) is 24.8 Å². The van der Waals surface area contributed by atoms with Gasteiger partial charge in [0, 0.05) is 6.42 Å². The van der Waals surface area contributed by atoms with Gasteiger partial charge in [0.1, 0.15) is 0 Å². The van der Waals surface area contributed by atoms with E-state index in [1.54, 1.807) is 27.7 Å². The highest BCUT2D eigenvalue weighted by Gasteiger charge is 2.81. The lowest BCUT2D eigenvalue weighted by Crippen LogP contribution is -2.61. The normalized spacial score (nSPS) is 15.1. The monoisotopic (exact) mass is 743 g/mol. The van der Waals surface area contributed by atoms with Gasteiger partial charge in [-0.2, -0.15) is 44.6 Å². The first-order valence-corrected chi connectivity index (χ1v) is 19.2. The fourth-order valence-corrected chi connectivity index (χ4v) is 10.9. The van der Waals surface area contributed by atoms with Crippen LogP contribution in [0, 0.1) is 5.41 Å². The third kappa shape index (κ3) is 9.66. The maximum absolute atomic E-state index is 14.9. The molecule has 0 aromatic heterocycles. The molecule has 3 nitrogen and oxygen atoms in total. The summed E-state index contributed by atoms with van der Waals surface area (Å²) in [6, 6.07) is 16.4. The van der Waals surface area contributed by atoms with Crippen LogP contribution in [-0.2, 0) is 15.9 Å². The van der Waals surface area contributed by atoms with Crippen molar-refractivity contribution in [2.24, 2.45) is 5.41 Å². The van der Waals surface area contributed by atoms with E-state index in [9.17, 15) is 39.5 Å². The summed E-state index contributed by atoms with van der Waals surface area (Å²) in [5, 5.41) is 1.81. The van der Waals surface area contributed by atoms with Crippen LogP contribution in [0.1, 0.15) is 111 Å². The summed E-state index contributed by atoms with van der Waals surface area (Å²) in [6.45, 7) is 20.7. The first-order valence-electron chi connectivity index (χ1n) is 17.0. The summed E-state index contributed by atoms with van der Waals surface area (Å²) in [4.78, 5) is 6.61. The van der Waals surface area contributed by atoms with Crippen LogP contribution in [0.2, 0.25) is 17.1 Å². The second-order valence-corrected chi connectivity index (χ2v) is 20.9. The van der Waals surface area contributed by atoms with Gasteiger partial charge in [0.2, 0.25) is 0 Å². The maximum Gasteiger partial charge on any atom is 0.460 e. The molecule has 1 unspecified atom stereocenters. The molecule has 0 amide bonds. The first-order chi connectivity index (χ1) is 22.5. The molecule has 2 rings (SSSR count). The molecule has 50 heavy (non-hydrogen) atoms. The molecule has 286 valence electrons. The van der Waals surface area contributed by atoms with Crippen molar-refractivity contribution in [1.82, 2.24) is 5.06 Å². The summed E-state index contributed by atoms with van der Waals surface area (Å²) in [5.74, 6) is -18.9. The summed E-state index contributed by atoms with van der Waals surface area (Å²) in [5.41, 5.74) is 0.561. The van der Waals surface area contributed by atoms with Gasteiger partial charge in [-0.3, -0.25) is 4.84 Å². The zero-order valence-electron chi connectivity index (χ0n) is 31.0. The van der Waals surface area contributed by atoms with Crippen molar-refractivity contribution < 1.29 is 48.8 Å². The Labute approximate surface area is 293 Å². The summed E-state index contributed by atoms with van der Waals surface area (Å²) < 4.78 is 131. The predicted molar refractivity (Wildman–Crippen MR) is 182 cm³/mol. The van der Waals surface area contributed by atoms with Gasteiger partial charge in [-0.25, -0.2) is 0 Å². The molecule has 0 aliphatic heterocycles. The van der Waals surface area contributed by atoms with Gasteiger partial charge in [-0.1, -0.05) is 117 Å². The summed E-state index contributed by atoms with van der Waals surface area (Å²) in [7, 11) is -3.59. The Kier molecular flexibility index (Phi) is 14.0. The highest BCUT2D eigenvalue weighted by atomic mass is 28.4. The van der Waals surface area contributed by atoms with E-state index in [-0.39, 0.29) is 19.3 Å². The highest BCUT2D eigenvalue weighted by molar-refractivity contribution is 6.76. The van der Waals surface area contributed by atoms with Gasteiger partial charge in [-0.05, 0) is 59.0 Å². The van der Waals surface area contributed by atoms with Crippen LogP contribution in [0.4, 0.5) is 39.5 Å². The SMILES string of the molecule is CC(C)c1ccc(CON(C(c2ccccc2)C(C)(C)C)C(C)(C)CO[Si](CCC(F)(F)C(F)(F)C(F)(F)C(F)(F)F)(C(C)C)C(C)C)cc1. The van der Waals surface area contributed by atoms with Crippen molar-refractivity contribution in [3.05, 3.63) is 71.3 Å². The van der Waals surface area contributed by atoms with E-state index in [1.807, 2.05) is 94.3 Å². The molecule has 0 saturated heterocycles. The van der Waals surface area contributed by atoms with Gasteiger partial charge < -0.3 is 4.43 Å². The number of hydrogen-bond acceptors (Lipinski definition) is 3. The van der Waals surface area contributed by atoms with Crippen LogP contribution in [0.15, 0.2) is 54.6 Å². The Bertz CT molecular complexity index is 1330. The average molecular weight is 744 g/mol. The first kappa shape index (κ1) is 44.1. The predicted octanol–water partition coefficient (Wildman–Crippen LogP) is 12.7. The molecule has 0 N–H and O–H groups in total. The quantitative estimate of drug-likeness (QED) is 0.0915. The van der Waals surface area contributed by atoms with Crippen molar-refractivity contribution in [3.63, 3.8) is 0 Å². The molecule has 13 heteroatoms. The minimum Gasteiger partial charge on any atom is -0.414 e. The van der Waals surface area contributed by atoms with Gasteiger partial charge in [0.25, 0.3) is 0 Å². The lowest BCUT2D eigenvalue weighted by atomic mass is 9.80. The molecule has 1 atom stereocenters. The number of halogens is 9. The van der Waals surface area contributed by atoms with Gasteiger partial charge >= 0.3 is 23.9 Å². The standard InChI is InChI=1S/C37H54F9NO2Si/c1-25(2)29-19-17-28(18-20-29)23-48-47(31(32(7,8)9)30-15-13-12-14-16-30)33(10,11)24-49-50(26(3)4,27(5)6)22-21-34(38,39)35(40,41)36(42,43)37(44,45)46/h12-20,25-27,31H,21-24H2,1-11H3. The Hall–Kier alpha value is -2.09. The van der Waals surface area contributed by atoms with E-state index in [0.717, 1.165) is 16.7 Å². The summed E-state index contributed by atoms with van der Waals surface area (Å²) in [6.07, 6.45) is -8.77. The number of rotatable bonds is 17. The third-order valence-corrected chi connectivity index (χ3v) is 15.1. The average Bonchev–Trinajstić information content (AvgIpc) is 2.98. The lowest BCUT2D eigenvalue weighted by Gasteiger charge is -2.49. The van der Waals surface area contributed by atoms with Crippen molar-refractivity contribution in [1.29, 1.82) is 0 Å². The molecule has 0 bridgehead atoms. The van der Waals surface area contributed by atoms with E-state index in [4.69, 9.17) is 9.26 Å². The fraction of sp³-hybridized carbons (Fsp3) is 0.676. The summed E-state index contributed by atoms with van der Waals surface area (Å²) >= 11 is 0. The number of alkyl halides is 9. The molecule has 0 saturated carbocycles. The molecule has 2 aromatic carbocycles. The Morgan fingerprint density at radius 1 is 0.660 bits per heavy atom. The van der Waals surface area contributed by atoms with E-state index in [2.05, 4.69) is 13.8 Å². The van der Waals surface area contributed by atoms with Gasteiger partial charge in [-0.15, -0.1) is 0 Å². The van der Waals surface area contributed by atoms with Crippen LogP contribution >= 0.6 is 0 Å². The second-order valence-electron chi connectivity index (χ2n) is 15.9. The smallest absolute Gasteiger partial charge is 0.414 e. The van der Waals surface area contributed by atoms with Crippen molar-refractivity contribution >= 4 is 8.32 Å². The van der Waals surface area contributed by atoms with Crippen molar-refractivity contribution in [2.75, 3.05) is 6.61 Å². The molecular weight excluding hydrogens is 689 g/mol. The molecular formula is C37H54F9NO2Si. The molecule has 0 radical (unpaired) electrons. The third-order valence-electron chi connectivity index (χ3n) is 9.47. The largest absolute Gasteiger partial charge is 0.460 e. The molecule has 0 fully saturated rings. The topological polar surface area (TPSA) is 21.7 Å². The van der Waals surface area contributed by atoms with E-state index in [1.165, 1.54) is 0 Å². The van der Waals surface area contributed by atoms with Crippen molar-refractivity contribution in [3.8, 4) is 0 Å². The van der Waals surface area contributed by atoms with Crippen molar-refractivity contribution in [2.45, 2.75) is 148 Å². The Balaban J connectivity index is 2.54. The molecule has 0 heterocycles.